The highest BCUT2D eigenvalue weighted by Gasteiger charge is 2.31. The van der Waals surface area contributed by atoms with E-state index in [1.165, 1.54) is 5.56 Å². The average molecular weight is 453 g/mol. The number of carbonyl (C=O) groups is 1. The number of hydrogen-bond donors (Lipinski definition) is 1. The fourth-order valence-corrected chi connectivity index (χ4v) is 4.60. The van der Waals surface area contributed by atoms with Gasteiger partial charge in [-0.05, 0) is 74.9 Å². The predicted octanol–water partition coefficient (Wildman–Crippen LogP) is 4.59. The number of benzene rings is 2. The molecule has 1 aliphatic rings. The number of amides is 1. The molecular formula is C28H40N2O3. The van der Waals surface area contributed by atoms with E-state index in [0.29, 0.717) is 30.6 Å². The van der Waals surface area contributed by atoms with Gasteiger partial charge >= 0.3 is 0 Å². The van der Waals surface area contributed by atoms with Crippen LogP contribution < -0.4 is 10.1 Å². The van der Waals surface area contributed by atoms with Gasteiger partial charge in [0, 0.05) is 38.3 Å². The van der Waals surface area contributed by atoms with E-state index in [0.717, 1.165) is 50.2 Å². The summed E-state index contributed by atoms with van der Waals surface area (Å²) in [6, 6.07) is 16.7. The van der Waals surface area contributed by atoms with Crippen LogP contribution in [-0.2, 0) is 17.6 Å². The van der Waals surface area contributed by atoms with Gasteiger partial charge in [0.05, 0.1) is 6.61 Å². The highest BCUT2D eigenvalue weighted by Crippen LogP contribution is 2.26. The van der Waals surface area contributed by atoms with Crippen LogP contribution in [0.4, 0.5) is 0 Å². The summed E-state index contributed by atoms with van der Waals surface area (Å²) < 4.78 is 11.1. The Hall–Kier alpha value is -2.37. The number of nitrogens with zero attached hydrogens (tertiary/aromatic N) is 1. The molecule has 2 atom stereocenters. The van der Waals surface area contributed by atoms with Crippen molar-refractivity contribution in [1.82, 2.24) is 10.2 Å². The molecule has 0 spiro atoms. The zero-order chi connectivity index (χ0) is 23.6. The summed E-state index contributed by atoms with van der Waals surface area (Å²) in [7, 11) is 1.70. The van der Waals surface area contributed by atoms with Crippen LogP contribution in [0.5, 0.6) is 5.75 Å². The minimum atomic E-state index is 0.0831. The van der Waals surface area contributed by atoms with E-state index in [1.807, 2.05) is 23.1 Å². The fraction of sp³-hybridized carbons (Fsp3) is 0.536. The Balaban J connectivity index is 1.71. The summed E-state index contributed by atoms with van der Waals surface area (Å²) in [4.78, 5) is 15.6. The molecule has 0 radical (unpaired) electrons. The van der Waals surface area contributed by atoms with Crippen LogP contribution in [0, 0.1) is 11.8 Å². The standard InChI is InChI=1S/C28H40N2O3/c1-5-23-12-13-24(17-27(23)33-15-9-14-32-4)28(31)30(21(2)3)20-26-19-29-18-25(26)16-22-10-7-6-8-11-22/h6-8,10-13,17,21,25-26,29H,5,9,14-16,18-20H2,1-4H3/t25-,26+/m0/s1. The summed E-state index contributed by atoms with van der Waals surface area (Å²) in [5.41, 5.74) is 3.19. The maximum atomic E-state index is 13.6. The molecule has 180 valence electrons. The Labute approximate surface area is 199 Å². The van der Waals surface area contributed by atoms with Gasteiger partial charge in [0.25, 0.3) is 5.91 Å². The molecule has 33 heavy (non-hydrogen) atoms. The van der Waals surface area contributed by atoms with Gasteiger partial charge in [0.15, 0.2) is 0 Å². The molecule has 5 heteroatoms. The topological polar surface area (TPSA) is 50.8 Å². The van der Waals surface area contributed by atoms with Gasteiger partial charge in [0.1, 0.15) is 5.75 Å². The van der Waals surface area contributed by atoms with E-state index in [-0.39, 0.29) is 11.9 Å². The van der Waals surface area contributed by atoms with Crippen LogP contribution in [0.2, 0.25) is 0 Å². The van der Waals surface area contributed by atoms with Crippen LogP contribution in [-0.4, -0.2) is 56.8 Å². The Morgan fingerprint density at radius 2 is 1.85 bits per heavy atom. The lowest BCUT2D eigenvalue weighted by Crippen LogP contribution is -2.42. The lowest BCUT2D eigenvalue weighted by molar-refractivity contribution is 0.0661. The molecule has 0 aliphatic carbocycles. The number of hydrogen-bond acceptors (Lipinski definition) is 4. The first-order valence-corrected chi connectivity index (χ1v) is 12.3. The molecule has 0 aromatic heterocycles. The van der Waals surface area contributed by atoms with Gasteiger partial charge in [-0.1, -0.05) is 43.3 Å². The molecule has 5 nitrogen and oxygen atoms in total. The summed E-state index contributed by atoms with van der Waals surface area (Å²) in [5, 5.41) is 3.56. The Morgan fingerprint density at radius 1 is 1.09 bits per heavy atom. The average Bonchev–Trinajstić information content (AvgIpc) is 3.26. The minimum Gasteiger partial charge on any atom is -0.493 e. The maximum Gasteiger partial charge on any atom is 0.254 e. The lowest BCUT2D eigenvalue weighted by atomic mass is 9.89. The van der Waals surface area contributed by atoms with Crippen molar-refractivity contribution in [3.63, 3.8) is 0 Å². The third-order valence-electron chi connectivity index (χ3n) is 6.58. The molecule has 1 N–H and O–H groups in total. The van der Waals surface area contributed by atoms with Crippen LogP contribution in [0.3, 0.4) is 0 Å². The van der Waals surface area contributed by atoms with Crippen molar-refractivity contribution in [3.8, 4) is 5.75 Å². The molecule has 1 fully saturated rings. The zero-order valence-corrected chi connectivity index (χ0v) is 20.7. The predicted molar refractivity (Wildman–Crippen MR) is 134 cm³/mol. The highest BCUT2D eigenvalue weighted by molar-refractivity contribution is 5.95. The number of methoxy groups -OCH3 is 1. The Bertz CT molecular complexity index is 869. The van der Waals surface area contributed by atoms with E-state index in [2.05, 4.69) is 56.4 Å². The van der Waals surface area contributed by atoms with Crippen molar-refractivity contribution in [2.24, 2.45) is 11.8 Å². The van der Waals surface area contributed by atoms with Crippen molar-refractivity contribution in [3.05, 3.63) is 65.2 Å². The molecule has 3 rings (SSSR count). The van der Waals surface area contributed by atoms with Crippen molar-refractivity contribution >= 4 is 5.91 Å². The van der Waals surface area contributed by atoms with Crippen LogP contribution >= 0.6 is 0 Å². The smallest absolute Gasteiger partial charge is 0.254 e. The number of ether oxygens (including phenoxy) is 2. The molecule has 0 bridgehead atoms. The van der Waals surface area contributed by atoms with Crippen LogP contribution in [0.15, 0.2) is 48.5 Å². The van der Waals surface area contributed by atoms with E-state index in [9.17, 15) is 4.79 Å². The van der Waals surface area contributed by atoms with Crippen molar-refractivity contribution < 1.29 is 14.3 Å². The van der Waals surface area contributed by atoms with E-state index in [1.54, 1.807) is 7.11 Å². The van der Waals surface area contributed by atoms with E-state index >= 15 is 0 Å². The summed E-state index contributed by atoms with van der Waals surface area (Å²) in [5.74, 6) is 1.87. The van der Waals surface area contributed by atoms with Gasteiger partial charge in [-0.15, -0.1) is 0 Å². The molecule has 2 aromatic carbocycles. The van der Waals surface area contributed by atoms with Crippen LogP contribution in [0.25, 0.3) is 0 Å². The molecule has 1 aliphatic heterocycles. The van der Waals surface area contributed by atoms with Gasteiger partial charge in [-0.25, -0.2) is 0 Å². The molecule has 1 heterocycles. The van der Waals surface area contributed by atoms with Crippen molar-refractivity contribution in [2.45, 2.75) is 46.1 Å². The molecule has 1 saturated heterocycles. The second-order valence-electron chi connectivity index (χ2n) is 9.29. The lowest BCUT2D eigenvalue weighted by Gasteiger charge is -2.32. The number of rotatable bonds is 12. The first-order valence-electron chi connectivity index (χ1n) is 12.3. The normalized spacial score (nSPS) is 18.0. The largest absolute Gasteiger partial charge is 0.493 e. The molecule has 0 unspecified atom stereocenters. The number of carbonyl (C=O) groups excluding carboxylic acids is 1. The van der Waals surface area contributed by atoms with Gasteiger partial charge in [-0.2, -0.15) is 0 Å². The highest BCUT2D eigenvalue weighted by atomic mass is 16.5. The van der Waals surface area contributed by atoms with E-state index in [4.69, 9.17) is 9.47 Å². The summed E-state index contributed by atoms with van der Waals surface area (Å²) in [6.45, 7) is 10.3. The zero-order valence-electron chi connectivity index (χ0n) is 20.7. The van der Waals surface area contributed by atoms with Crippen molar-refractivity contribution in [1.29, 1.82) is 0 Å². The third kappa shape index (κ3) is 7.05. The quantitative estimate of drug-likeness (QED) is 0.479. The number of aryl methyl sites for hydroxylation is 1. The molecule has 0 saturated carbocycles. The molecule has 1 amide bonds. The molecule has 2 aromatic rings. The van der Waals surface area contributed by atoms with Gasteiger partial charge < -0.3 is 19.7 Å². The Morgan fingerprint density at radius 3 is 2.55 bits per heavy atom. The van der Waals surface area contributed by atoms with E-state index < -0.39 is 0 Å². The van der Waals surface area contributed by atoms with Gasteiger partial charge in [0.2, 0.25) is 0 Å². The second kappa shape index (κ2) is 12.8. The second-order valence-corrected chi connectivity index (χ2v) is 9.29. The molecular weight excluding hydrogens is 412 g/mol. The monoisotopic (exact) mass is 452 g/mol. The minimum absolute atomic E-state index is 0.0831. The Kier molecular flexibility index (Phi) is 9.76. The van der Waals surface area contributed by atoms with Gasteiger partial charge in [-0.3, -0.25) is 4.79 Å². The SMILES string of the molecule is CCc1ccc(C(=O)N(C[C@H]2CNC[C@@H]2Cc2ccccc2)C(C)C)cc1OCCCOC. The summed E-state index contributed by atoms with van der Waals surface area (Å²) in [6.07, 6.45) is 2.74. The van der Waals surface area contributed by atoms with Crippen molar-refractivity contribution in [2.75, 3.05) is 40.0 Å². The van der Waals surface area contributed by atoms with Crippen LogP contribution in [0.1, 0.15) is 48.7 Å². The fourth-order valence-electron chi connectivity index (χ4n) is 4.60. The number of nitrogens with one attached hydrogen (secondary N) is 1. The first-order chi connectivity index (χ1) is 16.0. The third-order valence-corrected chi connectivity index (χ3v) is 6.58. The first kappa shape index (κ1) is 25.3. The maximum absolute atomic E-state index is 13.6. The summed E-state index contributed by atoms with van der Waals surface area (Å²) >= 11 is 0.